The Morgan fingerprint density at radius 3 is 2.60 bits per heavy atom. The van der Waals surface area contributed by atoms with Gasteiger partial charge in [0, 0.05) is 36.9 Å². The molecule has 0 fully saturated rings. The van der Waals surface area contributed by atoms with Crippen LogP contribution in [-0.2, 0) is 4.74 Å². The lowest BCUT2D eigenvalue weighted by molar-refractivity contribution is 0.179. The van der Waals surface area contributed by atoms with E-state index in [4.69, 9.17) is 9.47 Å². The van der Waals surface area contributed by atoms with E-state index >= 15 is 0 Å². The number of aliphatic imine (C=N–C) groups is 1. The molecule has 2 unspecified atom stereocenters. The molecule has 0 aliphatic heterocycles. The zero-order chi connectivity index (χ0) is 17.8. The highest BCUT2D eigenvalue weighted by Crippen LogP contribution is 2.29. The van der Waals surface area contributed by atoms with E-state index in [0.717, 1.165) is 30.6 Å². The van der Waals surface area contributed by atoms with Crippen LogP contribution >= 0.6 is 35.7 Å². The summed E-state index contributed by atoms with van der Waals surface area (Å²) >= 11 is 1.81. The quantitative estimate of drug-likeness (QED) is 0.231. The van der Waals surface area contributed by atoms with Crippen molar-refractivity contribution in [2.45, 2.75) is 31.7 Å². The van der Waals surface area contributed by atoms with Crippen molar-refractivity contribution in [3.8, 4) is 5.75 Å². The van der Waals surface area contributed by atoms with Gasteiger partial charge in [0.2, 0.25) is 0 Å². The van der Waals surface area contributed by atoms with Crippen LogP contribution in [-0.4, -0.2) is 51.7 Å². The SMILES string of the molecule is CCNC(=NCC(C)CSc1ccccc1OC)NC(C)COC.I. The molecular formula is C18H32IN3O2S. The average Bonchev–Trinajstić information content (AvgIpc) is 2.58. The molecule has 2 atom stereocenters. The summed E-state index contributed by atoms with van der Waals surface area (Å²) in [4.78, 5) is 5.86. The molecule has 0 amide bonds. The van der Waals surface area contributed by atoms with Crippen LogP contribution in [0, 0.1) is 5.92 Å². The zero-order valence-electron chi connectivity index (χ0n) is 15.9. The number of hydrogen-bond acceptors (Lipinski definition) is 4. The largest absolute Gasteiger partial charge is 0.496 e. The van der Waals surface area contributed by atoms with Gasteiger partial charge in [-0.1, -0.05) is 19.1 Å². The Bertz CT molecular complexity index is 503. The Labute approximate surface area is 173 Å². The summed E-state index contributed by atoms with van der Waals surface area (Å²) in [6.07, 6.45) is 0. The van der Waals surface area contributed by atoms with E-state index in [9.17, 15) is 0 Å². The van der Waals surface area contributed by atoms with E-state index in [-0.39, 0.29) is 30.0 Å². The molecule has 7 heteroatoms. The van der Waals surface area contributed by atoms with Gasteiger partial charge in [0.25, 0.3) is 0 Å². The first-order valence-corrected chi connectivity index (χ1v) is 9.38. The van der Waals surface area contributed by atoms with Crippen LogP contribution in [0.2, 0.25) is 0 Å². The maximum absolute atomic E-state index is 5.39. The molecular weight excluding hydrogens is 449 g/mol. The number of ether oxygens (including phenoxy) is 2. The molecule has 5 nitrogen and oxygen atoms in total. The normalized spacial score (nSPS) is 13.6. The second-order valence-electron chi connectivity index (χ2n) is 5.79. The highest BCUT2D eigenvalue weighted by atomic mass is 127. The van der Waals surface area contributed by atoms with Gasteiger partial charge in [-0.25, -0.2) is 0 Å². The third-order valence-corrected chi connectivity index (χ3v) is 4.68. The third kappa shape index (κ3) is 10.2. The molecule has 0 aliphatic rings. The molecule has 0 radical (unpaired) electrons. The monoisotopic (exact) mass is 481 g/mol. The Balaban J connectivity index is 0.00000576. The van der Waals surface area contributed by atoms with Crippen LogP contribution in [0.3, 0.4) is 0 Å². The maximum atomic E-state index is 5.39. The van der Waals surface area contributed by atoms with Gasteiger partial charge in [0.1, 0.15) is 5.75 Å². The van der Waals surface area contributed by atoms with Crippen LogP contribution in [0.1, 0.15) is 20.8 Å². The number of para-hydroxylation sites is 1. The number of methoxy groups -OCH3 is 2. The summed E-state index contributed by atoms with van der Waals surface area (Å²) in [6, 6.07) is 8.35. The van der Waals surface area contributed by atoms with E-state index in [1.807, 2.05) is 30.0 Å². The van der Waals surface area contributed by atoms with Crippen molar-refractivity contribution in [1.82, 2.24) is 10.6 Å². The maximum Gasteiger partial charge on any atom is 0.191 e. The summed E-state index contributed by atoms with van der Waals surface area (Å²) in [5.74, 6) is 3.24. The Morgan fingerprint density at radius 1 is 1.24 bits per heavy atom. The fourth-order valence-corrected chi connectivity index (χ4v) is 3.15. The average molecular weight is 481 g/mol. The molecule has 0 bridgehead atoms. The van der Waals surface area contributed by atoms with Crippen molar-refractivity contribution >= 4 is 41.7 Å². The molecule has 0 aliphatic carbocycles. The van der Waals surface area contributed by atoms with Gasteiger partial charge in [0.05, 0.1) is 13.7 Å². The zero-order valence-corrected chi connectivity index (χ0v) is 19.0. The molecule has 2 N–H and O–H groups in total. The summed E-state index contributed by atoms with van der Waals surface area (Å²) in [7, 11) is 3.42. The first kappa shape index (κ1) is 24.3. The van der Waals surface area contributed by atoms with Gasteiger partial charge in [-0.3, -0.25) is 4.99 Å². The highest BCUT2D eigenvalue weighted by molar-refractivity contribution is 14.0. The lowest BCUT2D eigenvalue weighted by Gasteiger charge is -2.18. The van der Waals surface area contributed by atoms with Crippen LogP contribution in [0.5, 0.6) is 5.75 Å². The predicted octanol–water partition coefficient (Wildman–Crippen LogP) is 3.63. The summed E-state index contributed by atoms with van der Waals surface area (Å²) in [6.45, 7) is 8.64. The predicted molar refractivity (Wildman–Crippen MR) is 119 cm³/mol. The number of benzene rings is 1. The summed E-state index contributed by atoms with van der Waals surface area (Å²) in [5.41, 5.74) is 0. The Hall–Kier alpha value is -0.670. The summed E-state index contributed by atoms with van der Waals surface area (Å²) < 4.78 is 10.6. The molecule has 144 valence electrons. The second-order valence-corrected chi connectivity index (χ2v) is 6.85. The minimum Gasteiger partial charge on any atom is -0.496 e. The first-order chi connectivity index (χ1) is 11.6. The van der Waals surface area contributed by atoms with Crippen molar-refractivity contribution in [3.63, 3.8) is 0 Å². The van der Waals surface area contributed by atoms with Gasteiger partial charge >= 0.3 is 0 Å². The molecule has 25 heavy (non-hydrogen) atoms. The minimum atomic E-state index is 0. The number of guanidine groups is 1. The van der Waals surface area contributed by atoms with E-state index in [1.165, 1.54) is 4.90 Å². The van der Waals surface area contributed by atoms with Gasteiger partial charge in [0.15, 0.2) is 5.96 Å². The van der Waals surface area contributed by atoms with Crippen molar-refractivity contribution in [2.75, 3.05) is 39.7 Å². The van der Waals surface area contributed by atoms with Gasteiger partial charge in [-0.2, -0.15) is 0 Å². The fourth-order valence-electron chi connectivity index (χ4n) is 2.11. The Kier molecular flexibility index (Phi) is 14.1. The van der Waals surface area contributed by atoms with Crippen molar-refractivity contribution in [3.05, 3.63) is 24.3 Å². The fraction of sp³-hybridized carbons (Fsp3) is 0.611. The molecule has 0 saturated carbocycles. The van der Waals surface area contributed by atoms with E-state index in [0.29, 0.717) is 12.5 Å². The molecule has 1 rings (SSSR count). The smallest absolute Gasteiger partial charge is 0.191 e. The van der Waals surface area contributed by atoms with Crippen molar-refractivity contribution in [2.24, 2.45) is 10.9 Å². The lowest BCUT2D eigenvalue weighted by atomic mass is 10.2. The van der Waals surface area contributed by atoms with E-state index < -0.39 is 0 Å². The van der Waals surface area contributed by atoms with Crippen molar-refractivity contribution in [1.29, 1.82) is 0 Å². The van der Waals surface area contributed by atoms with Crippen LogP contribution in [0.25, 0.3) is 0 Å². The van der Waals surface area contributed by atoms with Crippen LogP contribution in [0.15, 0.2) is 34.2 Å². The van der Waals surface area contributed by atoms with Crippen LogP contribution < -0.4 is 15.4 Å². The lowest BCUT2D eigenvalue weighted by Crippen LogP contribution is -2.44. The first-order valence-electron chi connectivity index (χ1n) is 8.40. The number of halogens is 1. The number of nitrogens with one attached hydrogen (secondary N) is 2. The molecule has 0 aromatic heterocycles. The number of rotatable bonds is 10. The van der Waals surface area contributed by atoms with Crippen molar-refractivity contribution < 1.29 is 9.47 Å². The number of nitrogens with zero attached hydrogens (tertiary/aromatic N) is 1. The van der Waals surface area contributed by atoms with Crippen LogP contribution in [0.4, 0.5) is 0 Å². The van der Waals surface area contributed by atoms with E-state index in [2.05, 4.69) is 42.5 Å². The highest BCUT2D eigenvalue weighted by Gasteiger charge is 2.08. The van der Waals surface area contributed by atoms with Gasteiger partial charge in [-0.15, -0.1) is 35.7 Å². The molecule has 1 aromatic carbocycles. The summed E-state index contributed by atoms with van der Waals surface area (Å²) in [5, 5.41) is 6.63. The second kappa shape index (κ2) is 14.5. The molecule has 1 aromatic rings. The third-order valence-electron chi connectivity index (χ3n) is 3.30. The molecule has 0 spiro atoms. The molecule has 0 heterocycles. The number of thioether (sulfide) groups is 1. The standard InChI is InChI=1S/C18H31N3O2S.HI/c1-6-19-18(21-15(3)12-22-4)20-11-14(2)13-24-17-10-8-7-9-16(17)23-5;/h7-10,14-15H,6,11-13H2,1-5H3,(H2,19,20,21);1H. The molecule has 0 saturated heterocycles. The van der Waals surface area contributed by atoms with Gasteiger partial charge in [-0.05, 0) is 31.9 Å². The topological polar surface area (TPSA) is 54.9 Å². The van der Waals surface area contributed by atoms with Gasteiger partial charge < -0.3 is 20.1 Å². The van der Waals surface area contributed by atoms with E-state index in [1.54, 1.807) is 14.2 Å². The number of hydrogen-bond donors (Lipinski definition) is 2. The minimum absolute atomic E-state index is 0. The Morgan fingerprint density at radius 2 is 1.96 bits per heavy atom.